The van der Waals surface area contributed by atoms with Gasteiger partial charge in [0.15, 0.2) is 6.17 Å². The molecule has 1 amide bonds. The predicted molar refractivity (Wildman–Crippen MR) is 111 cm³/mol. The van der Waals surface area contributed by atoms with E-state index >= 15 is 0 Å². The van der Waals surface area contributed by atoms with Crippen molar-refractivity contribution in [3.05, 3.63) is 106 Å². The number of anilines is 1. The van der Waals surface area contributed by atoms with Gasteiger partial charge in [0.25, 0.3) is 11.6 Å². The zero-order valence-electron chi connectivity index (χ0n) is 15.4. The van der Waals surface area contributed by atoms with Crippen LogP contribution in [0.1, 0.15) is 16.7 Å². The Bertz CT molecular complexity index is 1100. The van der Waals surface area contributed by atoms with Crippen molar-refractivity contribution in [2.75, 3.05) is 5.32 Å². The molecule has 1 aliphatic heterocycles. The zero-order valence-corrected chi connectivity index (χ0v) is 15.4. The highest BCUT2D eigenvalue weighted by Gasteiger charge is 2.25. The quantitative estimate of drug-likeness (QED) is 0.518. The molecule has 4 rings (SSSR count). The van der Waals surface area contributed by atoms with Gasteiger partial charge < -0.3 is 5.32 Å². The number of nitro groups is 1. The van der Waals surface area contributed by atoms with Crippen LogP contribution in [0.15, 0.2) is 83.9 Å². The molecule has 0 saturated carbocycles. The second-order valence-corrected chi connectivity index (χ2v) is 6.59. The molecule has 0 aliphatic carbocycles. The summed E-state index contributed by atoms with van der Waals surface area (Å²) in [6.07, 6.45) is -0.836. The fourth-order valence-electron chi connectivity index (χ4n) is 3.22. The Kier molecular flexibility index (Phi) is 5.13. The van der Waals surface area contributed by atoms with Gasteiger partial charge in [0, 0.05) is 29.8 Å². The molecular formula is C22H18N4O3. The summed E-state index contributed by atoms with van der Waals surface area (Å²) in [5.74, 6) is -0.284. The zero-order chi connectivity index (χ0) is 20.2. The van der Waals surface area contributed by atoms with E-state index in [2.05, 4.69) is 10.6 Å². The summed E-state index contributed by atoms with van der Waals surface area (Å²) < 4.78 is 0. The SMILES string of the molecule is O=C1Nc2ccccc2C(c2ccccc2)=NC1NCc1cccc([N+](=O)[O-])c1. The maximum atomic E-state index is 12.8. The van der Waals surface area contributed by atoms with Crippen LogP contribution in [-0.2, 0) is 11.3 Å². The highest BCUT2D eigenvalue weighted by atomic mass is 16.6. The molecule has 0 aromatic heterocycles. The third-order valence-electron chi connectivity index (χ3n) is 4.61. The number of benzene rings is 3. The van der Waals surface area contributed by atoms with E-state index in [4.69, 9.17) is 4.99 Å². The molecule has 1 unspecified atom stereocenters. The first kappa shape index (κ1) is 18.5. The van der Waals surface area contributed by atoms with E-state index in [1.54, 1.807) is 12.1 Å². The molecule has 3 aromatic rings. The molecule has 1 atom stereocenters. The van der Waals surface area contributed by atoms with Gasteiger partial charge >= 0.3 is 0 Å². The third kappa shape index (κ3) is 4.04. The summed E-state index contributed by atoms with van der Waals surface area (Å²) in [6, 6.07) is 23.5. The molecule has 2 N–H and O–H groups in total. The van der Waals surface area contributed by atoms with Gasteiger partial charge in [0.2, 0.25) is 0 Å². The number of hydrogen-bond acceptors (Lipinski definition) is 5. The first-order valence-corrected chi connectivity index (χ1v) is 9.12. The molecule has 0 radical (unpaired) electrons. The second kappa shape index (κ2) is 8.04. The van der Waals surface area contributed by atoms with E-state index in [1.165, 1.54) is 12.1 Å². The van der Waals surface area contributed by atoms with Crippen molar-refractivity contribution in [1.82, 2.24) is 5.32 Å². The van der Waals surface area contributed by atoms with E-state index in [9.17, 15) is 14.9 Å². The Balaban J connectivity index is 1.66. The lowest BCUT2D eigenvalue weighted by molar-refractivity contribution is -0.384. The lowest BCUT2D eigenvalue weighted by atomic mass is 10.0. The molecule has 144 valence electrons. The number of fused-ring (bicyclic) bond motifs is 1. The Morgan fingerprint density at radius 1 is 1.00 bits per heavy atom. The molecule has 1 heterocycles. The highest BCUT2D eigenvalue weighted by Crippen LogP contribution is 2.24. The van der Waals surface area contributed by atoms with Gasteiger partial charge in [-0.2, -0.15) is 0 Å². The summed E-state index contributed by atoms with van der Waals surface area (Å²) in [5, 5.41) is 17.0. The number of rotatable bonds is 5. The van der Waals surface area contributed by atoms with E-state index in [0.29, 0.717) is 17.0 Å². The number of non-ortho nitro benzene ring substituents is 1. The Labute approximate surface area is 167 Å². The first-order valence-electron chi connectivity index (χ1n) is 9.12. The maximum Gasteiger partial charge on any atom is 0.269 e. The molecule has 0 spiro atoms. The summed E-state index contributed by atoms with van der Waals surface area (Å²) >= 11 is 0. The van der Waals surface area contributed by atoms with Crippen LogP contribution in [0.2, 0.25) is 0 Å². The van der Waals surface area contributed by atoms with Crippen molar-refractivity contribution in [3.8, 4) is 0 Å². The average Bonchev–Trinajstić information content (AvgIpc) is 2.89. The number of amides is 1. The molecule has 29 heavy (non-hydrogen) atoms. The normalized spacial score (nSPS) is 15.7. The van der Waals surface area contributed by atoms with E-state index < -0.39 is 11.1 Å². The average molecular weight is 386 g/mol. The second-order valence-electron chi connectivity index (χ2n) is 6.59. The van der Waals surface area contributed by atoms with Gasteiger partial charge in [0.1, 0.15) is 0 Å². The number of nitro benzene ring substituents is 1. The van der Waals surface area contributed by atoms with E-state index in [1.807, 2.05) is 54.6 Å². The van der Waals surface area contributed by atoms with E-state index in [0.717, 1.165) is 11.1 Å². The topological polar surface area (TPSA) is 96.6 Å². The molecule has 7 nitrogen and oxygen atoms in total. The smallest absolute Gasteiger partial charge is 0.269 e. The molecule has 0 bridgehead atoms. The Hall–Kier alpha value is -3.84. The van der Waals surface area contributed by atoms with Crippen molar-refractivity contribution >= 4 is 23.0 Å². The van der Waals surface area contributed by atoms with Crippen LogP contribution in [-0.4, -0.2) is 22.7 Å². The molecular weight excluding hydrogens is 368 g/mol. The van der Waals surface area contributed by atoms with Gasteiger partial charge in [-0.3, -0.25) is 25.2 Å². The fraction of sp³-hybridized carbons (Fsp3) is 0.0909. The summed E-state index contributed by atoms with van der Waals surface area (Å²) in [4.78, 5) is 28.0. The lowest BCUT2D eigenvalue weighted by Gasteiger charge is -2.13. The minimum absolute atomic E-state index is 0.00972. The monoisotopic (exact) mass is 386 g/mol. The van der Waals surface area contributed by atoms with Crippen LogP contribution in [0.3, 0.4) is 0 Å². The number of carbonyl (C=O) groups is 1. The third-order valence-corrected chi connectivity index (χ3v) is 4.61. The van der Waals surface area contributed by atoms with Gasteiger partial charge in [-0.1, -0.05) is 60.7 Å². The molecule has 0 saturated heterocycles. The first-order chi connectivity index (χ1) is 14.1. The van der Waals surface area contributed by atoms with Gasteiger partial charge in [-0.05, 0) is 11.6 Å². The fourth-order valence-corrected chi connectivity index (χ4v) is 3.22. The van der Waals surface area contributed by atoms with Crippen molar-refractivity contribution in [3.63, 3.8) is 0 Å². The van der Waals surface area contributed by atoms with E-state index in [-0.39, 0.29) is 18.1 Å². The largest absolute Gasteiger partial charge is 0.322 e. The summed E-state index contributed by atoms with van der Waals surface area (Å²) in [7, 11) is 0. The van der Waals surface area contributed by atoms with Crippen LogP contribution >= 0.6 is 0 Å². The Morgan fingerprint density at radius 2 is 1.76 bits per heavy atom. The van der Waals surface area contributed by atoms with Crippen molar-refractivity contribution in [2.45, 2.75) is 12.7 Å². The van der Waals surface area contributed by atoms with Crippen molar-refractivity contribution in [1.29, 1.82) is 0 Å². The molecule has 1 aliphatic rings. The number of carbonyl (C=O) groups excluding carboxylic acids is 1. The van der Waals surface area contributed by atoms with Gasteiger partial charge in [-0.15, -0.1) is 0 Å². The Morgan fingerprint density at radius 3 is 2.55 bits per heavy atom. The number of benzodiazepines with no additional fused rings is 1. The van der Waals surface area contributed by atoms with Gasteiger partial charge in [0.05, 0.1) is 16.3 Å². The summed E-state index contributed by atoms with van der Waals surface area (Å²) in [6.45, 7) is 0.266. The standard InChI is InChI=1S/C22H18N4O3/c27-22-21(23-14-15-7-6-10-17(13-15)26(28)29)25-20(16-8-2-1-3-9-16)18-11-4-5-12-19(18)24-22/h1-13,21,23H,14H2,(H,24,27). The van der Waals surface area contributed by atoms with Crippen LogP contribution in [0.5, 0.6) is 0 Å². The van der Waals surface area contributed by atoms with Crippen LogP contribution in [0.4, 0.5) is 11.4 Å². The van der Waals surface area contributed by atoms with Crippen molar-refractivity contribution in [2.24, 2.45) is 4.99 Å². The van der Waals surface area contributed by atoms with Crippen LogP contribution in [0, 0.1) is 10.1 Å². The number of para-hydroxylation sites is 1. The minimum Gasteiger partial charge on any atom is -0.322 e. The summed E-state index contributed by atoms with van der Waals surface area (Å²) in [5.41, 5.74) is 3.85. The number of nitrogens with one attached hydrogen (secondary N) is 2. The number of hydrogen-bond donors (Lipinski definition) is 2. The lowest BCUT2D eigenvalue weighted by Crippen LogP contribution is -2.38. The van der Waals surface area contributed by atoms with Gasteiger partial charge in [-0.25, -0.2) is 0 Å². The molecule has 3 aromatic carbocycles. The number of aliphatic imine (C=N–C) groups is 1. The van der Waals surface area contributed by atoms with Crippen LogP contribution in [0.25, 0.3) is 0 Å². The van der Waals surface area contributed by atoms with Crippen molar-refractivity contribution < 1.29 is 9.72 Å². The minimum atomic E-state index is -0.836. The number of nitrogens with zero attached hydrogens (tertiary/aromatic N) is 2. The molecule has 7 heteroatoms. The highest BCUT2D eigenvalue weighted by molar-refractivity contribution is 6.19. The maximum absolute atomic E-state index is 12.8. The molecule has 0 fully saturated rings. The predicted octanol–water partition coefficient (Wildman–Crippen LogP) is 3.50. The van der Waals surface area contributed by atoms with Crippen LogP contribution < -0.4 is 10.6 Å².